The second-order valence-corrected chi connectivity index (χ2v) is 5.73. The molecule has 1 rings (SSSR count). The number of thioether (sulfide) groups is 1. The van der Waals surface area contributed by atoms with Crippen molar-refractivity contribution in [2.45, 2.75) is 31.8 Å². The largest absolute Gasteiger partial charge is 0.389 e. The standard InChI is InChI=1S/C14H22O2S/c1-11(2)10-16-7-8-17-14-6-4-5-13(9-14)12(3)15/h4-6,9,11-12,15H,7-8,10H2,1-3H3. The summed E-state index contributed by atoms with van der Waals surface area (Å²) in [6.45, 7) is 7.70. The van der Waals surface area contributed by atoms with Crippen LogP contribution in [0.5, 0.6) is 0 Å². The summed E-state index contributed by atoms with van der Waals surface area (Å²) in [4.78, 5) is 1.19. The smallest absolute Gasteiger partial charge is 0.0762 e. The van der Waals surface area contributed by atoms with Crippen LogP contribution in [0.1, 0.15) is 32.4 Å². The molecule has 0 aliphatic heterocycles. The van der Waals surface area contributed by atoms with E-state index in [4.69, 9.17) is 4.74 Å². The molecule has 3 heteroatoms. The van der Waals surface area contributed by atoms with Crippen LogP contribution in [0.25, 0.3) is 0 Å². The molecule has 0 saturated heterocycles. The molecule has 1 aromatic carbocycles. The van der Waals surface area contributed by atoms with Crippen molar-refractivity contribution in [2.75, 3.05) is 19.0 Å². The van der Waals surface area contributed by atoms with Gasteiger partial charge in [0.25, 0.3) is 0 Å². The van der Waals surface area contributed by atoms with Crippen LogP contribution < -0.4 is 0 Å². The maximum Gasteiger partial charge on any atom is 0.0762 e. The first kappa shape index (κ1) is 14.6. The third kappa shape index (κ3) is 6.10. The van der Waals surface area contributed by atoms with Gasteiger partial charge in [-0.3, -0.25) is 0 Å². The topological polar surface area (TPSA) is 29.5 Å². The summed E-state index contributed by atoms with van der Waals surface area (Å²) < 4.78 is 5.52. The van der Waals surface area contributed by atoms with E-state index >= 15 is 0 Å². The third-order valence-electron chi connectivity index (χ3n) is 2.29. The van der Waals surface area contributed by atoms with E-state index < -0.39 is 6.10 Å². The molecule has 96 valence electrons. The first-order chi connectivity index (χ1) is 8.09. The van der Waals surface area contributed by atoms with E-state index in [1.807, 2.05) is 18.2 Å². The van der Waals surface area contributed by atoms with Gasteiger partial charge in [0, 0.05) is 17.3 Å². The van der Waals surface area contributed by atoms with Gasteiger partial charge in [0.1, 0.15) is 0 Å². The van der Waals surface area contributed by atoms with Gasteiger partial charge < -0.3 is 9.84 Å². The summed E-state index contributed by atoms with van der Waals surface area (Å²) in [5.41, 5.74) is 0.970. The molecule has 1 unspecified atom stereocenters. The number of aliphatic hydroxyl groups is 1. The third-order valence-corrected chi connectivity index (χ3v) is 3.25. The van der Waals surface area contributed by atoms with Gasteiger partial charge in [-0.1, -0.05) is 26.0 Å². The summed E-state index contributed by atoms with van der Waals surface area (Å²) >= 11 is 1.77. The minimum atomic E-state index is -0.396. The van der Waals surface area contributed by atoms with E-state index in [0.717, 1.165) is 24.5 Å². The molecule has 0 aromatic heterocycles. The average molecular weight is 254 g/mol. The first-order valence-electron chi connectivity index (χ1n) is 6.08. The highest BCUT2D eigenvalue weighted by molar-refractivity contribution is 7.99. The second kappa shape index (κ2) is 7.75. The lowest BCUT2D eigenvalue weighted by molar-refractivity contribution is 0.124. The number of aliphatic hydroxyl groups excluding tert-OH is 1. The van der Waals surface area contributed by atoms with E-state index in [1.54, 1.807) is 18.7 Å². The molecule has 0 aliphatic rings. The van der Waals surface area contributed by atoms with Crippen LogP contribution in [0.15, 0.2) is 29.2 Å². The van der Waals surface area contributed by atoms with Crippen LogP contribution in [0.4, 0.5) is 0 Å². The van der Waals surface area contributed by atoms with Crippen LogP contribution in [0.3, 0.4) is 0 Å². The Morgan fingerprint density at radius 1 is 1.29 bits per heavy atom. The van der Waals surface area contributed by atoms with Gasteiger partial charge in [-0.25, -0.2) is 0 Å². The van der Waals surface area contributed by atoms with Crippen molar-refractivity contribution >= 4 is 11.8 Å². The first-order valence-corrected chi connectivity index (χ1v) is 7.06. The summed E-state index contributed by atoms with van der Waals surface area (Å²) in [6, 6.07) is 8.04. The molecule has 2 nitrogen and oxygen atoms in total. The van der Waals surface area contributed by atoms with Crippen molar-refractivity contribution in [2.24, 2.45) is 5.92 Å². The quantitative estimate of drug-likeness (QED) is 0.596. The normalized spacial score (nSPS) is 13.0. The van der Waals surface area contributed by atoms with Crippen molar-refractivity contribution in [3.05, 3.63) is 29.8 Å². The second-order valence-electron chi connectivity index (χ2n) is 4.57. The number of hydrogen-bond acceptors (Lipinski definition) is 3. The zero-order valence-electron chi connectivity index (χ0n) is 10.8. The molecule has 17 heavy (non-hydrogen) atoms. The average Bonchev–Trinajstić information content (AvgIpc) is 2.28. The molecule has 0 amide bonds. The lowest BCUT2D eigenvalue weighted by Crippen LogP contribution is -2.04. The fourth-order valence-corrected chi connectivity index (χ4v) is 2.23. The van der Waals surface area contributed by atoms with Gasteiger partial charge in [-0.2, -0.15) is 0 Å². The van der Waals surface area contributed by atoms with Gasteiger partial charge in [-0.05, 0) is 30.5 Å². The molecular formula is C14H22O2S. The molecule has 1 N–H and O–H groups in total. The van der Waals surface area contributed by atoms with Crippen molar-refractivity contribution in [3.8, 4) is 0 Å². The van der Waals surface area contributed by atoms with Crippen molar-refractivity contribution in [1.82, 2.24) is 0 Å². The highest BCUT2D eigenvalue weighted by atomic mass is 32.2. The fourth-order valence-electron chi connectivity index (χ4n) is 1.40. The molecule has 0 fully saturated rings. The van der Waals surface area contributed by atoms with Crippen molar-refractivity contribution in [1.29, 1.82) is 0 Å². The monoisotopic (exact) mass is 254 g/mol. The number of benzene rings is 1. The van der Waals surface area contributed by atoms with E-state index in [-0.39, 0.29) is 0 Å². The zero-order chi connectivity index (χ0) is 12.7. The van der Waals surface area contributed by atoms with E-state index in [1.165, 1.54) is 4.90 Å². The van der Waals surface area contributed by atoms with E-state index in [9.17, 15) is 5.11 Å². The molecular weight excluding hydrogens is 232 g/mol. The maximum absolute atomic E-state index is 9.48. The van der Waals surface area contributed by atoms with E-state index in [2.05, 4.69) is 19.9 Å². The summed E-state index contributed by atoms with van der Waals surface area (Å²) in [5, 5.41) is 9.48. The molecule has 0 radical (unpaired) electrons. The molecule has 0 aliphatic carbocycles. The van der Waals surface area contributed by atoms with E-state index in [0.29, 0.717) is 5.92 Å². The molecule has 1 aromatic rings. The van der Waals surface area contributed by atoms with Crippen molar-refractivity contribution < 1.29 is 9.84 Å². The van der Waals surface area contributed by atoms with Gasteiger partial charge in [0.2, 0.25) is 0 Å². The number of rotatable bonds is 7. The lowest BCUT2D eigenvalue weighted by Gasteiger charge is -2.08. The summed E-state index contributed by atoms with van der Waals surface area (Å²) in [7, 11) is 0. The Bertz CT molecular complexity index is 324. The number of hydrogen-bond donors (Lipinski definition) is 1. The Hall–Kier alpha value is -0.510. The van der Waals surface area contributed by atoms with Gasteiger partial charge >= 0.3 is 0 Å². The predicted octanol–water partition coefficient (Wildman–Crippen LogP) is 3.50. The SMILES string of the molecule is CC(C)COCCSc1cccc(C(C)O)c1. The Labute approximate surface area is 108 Å². The van der Waals surface area contributed by atoms with Gasteiger partial charge in [0.05, 0.1) is 12.7 Å². The Morgan fingerprint density at radius 3 is 2.71 bits per heavy atom. The minimum absolute atomic E-state index is 0.396. The predicted molar refractivity (Wildman–Crippen MR) is 73.5 cm³/mol. The minimum Gasteiger partial charge on any atom is -0.389 e. The Morgan fingerprint density at radius 2 is 2.06 bits per heavy atom. The molecule has 0 saturated carbocycles. The maximum atomic E-state index is 9.48. The van der Waals surface area contributed by atoms with Crippen LogP contribution in [-0.4, -0.2) is 24.1 Å². The zero-order valence-corrected chi connectivity index (χ0v) is 11.7. The van der Waals surface area contributed by atoms with Crippen LogP contribution in [0, 0.1) is 5.92 Å². The highest BCUT2D eigenvalue weighted by Gasteiger charge is 2.02. The molecule has 0 heterocycles. The van der Waals surface area contributed by atoms with Crippen molar-refractivity contribution in [3.63, 3.8) is 0 Å². The van der Waals surface area contributed by atoms with Crippen LogP contribution >= 0.6 is 11.8 Å². The molecule has 0 bridgehead atoms. The summed E-state index contributed by atoms with van der Waals surface area (Å²) in [6.07, 6.45) is -0.396. The van der Waals surface area contributed by atoms with Crippen LogP contribution in [-0.2, 0) is 4.74 Å². The molecule has 0 spiro atoms. The number of ether oxygens (including phenoxy) is 1. The lowest BCUT2D eigenvalue weighted by atomic mass is 10.1. The summed E-state index contributed by atoms with van der Waals surface area (Å²) in [5.74, 6) is 1.55. The highest BCUT2D eigenvalue weighted by Crippen LogP contribution is 2.22. The Kier molecular flexibility index (Phi) is 6.63. The molecule has 1 atom stereocenters. The fraction of sp³-hybridized carbons (Fsp3) is 0.571. The van der Waals surface area contributed by atoms with Crippen LogP contribution in [0.2, 0.25) is 0 Å². The van der Waals surface area contributed by atoms with Gasteiger partial charge in [-0.15, -0.1) is 11.8 Å². The Balaban J connectivity index is 2.29. The van der Waals surface area contributed by atoms with Gasteiger partial charge in [0.15, 0.2) is 0 Å².